The molecule has 0 bridgehead atoms. The van der Waals surface area contributed by atoms with E-state index in [1.54, 1.807) is 0 Å². The monoisotopic (exact) mass is 348 g/mol. The maximum Gasteiger partial charge on any atom is 0.244 e. The Morgan fingerprint density at radius 2 is 2.12 bits per heavy atom. The van der Waals surface area contributed by atoms with Crippen LogP contribution in [0.3, 0.4) is 0 Å². The summed E-state index contributed by atoms with van der Waals surface area (Å²) in [5, 5.41) is 6.17. The van der Waals surface area contributed by atoms with Crippen LogP contribution in [0.2, 0.25) is 0 Å². The van der Waals surface area contributed by atoms with E-state index in [4.69, 9.17) is 14.2 Å². The Morgan fingerprint density at radius 1 is 1.32 bits per heavy atom. The molecule has 2 atom stereocenters. The molecule has 25 heavy (non-hydrogen) atoms. The highest BCUT2D eigenvalue weighted by atomic mass is 16.5. The Bertz CT molecular complexity index is 587. The minimum absolute atomic E-state index is 0.0774. The highest BCUT2D eigenvalue weighted by Crippen LogP contribution is 2.25. The molecule has 2 N–H and O–H groups in total. The molecule has 2 saturated heterocycles. The van der Waals surface area contributed by atoms with Gasteiger partial charge in [-0.1, -0.05) is 6.07 Å². The second-order valence-corrected chi connectivity index (χ2v) is 6.84. The maximum absolute atomic E-state index is 12.5. The van der Waals surface area contributed by atoms with Crippen LogP contribution < -0.4 is 15.4 Å². The summed E-state index contributed by atoms with van der Waals surface area (Å²) in [5.74, 6) is 1.28. The highest BCUT2D eigenvalue weighted by Gasteiger charge is 2.28. The van der Waals surface area contributed by atoms with Crippen LogP contribution in [0.5, 0.6) is 5.75 Å². The summed E-state index contributed by atoms with van der Waals surface area (Å²) in [5.41, 5.74) is 1.81. The van der Waals surface area contributed by atoms with Crippen molar-refractivity contribution in [2.75, 3.05) is 38.3 Å². The van der Waals surface area contributed by atoms with Crippen LogP contribution in [-0.4, -0.2) is 51.0 Å². The molecule has 6 heteroatoms. The van der Waals surface area contributed by atoms with Gasteiger partial charge in [0.05, 0.1) is 19.3 Å². The number of benzene rings is 1. The van der Waals surface area contributed by atoms with Gasteiger partial charge in [-0.2, -0.15) is 0 Å². The number of hydrogen-bond donors (Lipinski definition) is 2. The molecular formula is C19H28N2O4. The summed E-state index contributed by atoms with van der Waals surface area (Å²) in [6, 6.07) is 5.45. The molecule has 0 spiro atoms. The fourth-order valence-corrected chi connectivity index (χ4v) is 3.20. The quantitative estimate of drug-likeness (QED) is 0.853. The first-order valence-electron chi connectivity index (χ1n) is 9.10. The van der Waals surface area contributed by atoms with E-state index < -0.39 is 0 Å². The van der Waals surface area contributed by atoms with Gasteiger partial charge in [-0.3, -0.25) is 4.79 Å². The number of morpholine rings is 1. The second-order valence-electron chi connectivity index (χ2n) is 6.84. The number of anilines is 1. The predicted molar refractivity (Wildman–Crippen MR) is 96.1 cm³/mol. The van der Waals surface area contributed by atoms with Gasteiger partial charge in [0.2, 0.25) is 5.91 Å². The van der Waals surface area contributed by atoms with Crippen LogP contribution in [0, 0.1) is 12.8 Å². The maximum atomic E-state index is 12.5. The Labute approximate surface area is 149 Å². The molecule has 0 unspecified atom stereocenters. The molecule has 6 nitrogen and oxygen atoms in total. The van der Waals surface area contributed by atoms with E-state index in [2.05, 4.69) is 10.6 Å². The van der Waals surface area contributed by atoms with E-state index in [0.29, 0.717) is 25.7 Å². The fourth-order valence-electron chi connectivity index (χ4n) is 3.20. The molecule has 2 aliphatic rings. The number of hydrogen-bond acceptors (Lipinski definition) is 5. The summed E-state index contributed by atoms with van der Waals surface area (Å²) in [4.78, 5) is 12.5. The van der Waals surface area contributed by atoms with E-state index in [1.165, 1.54) is 0 Å². The van der Waals surface area contributed by atoms with E-state index in [9.17, 15) is 4.79 Å². The van der Waals surface area contributed by atoms with Crippen molar-refractivity contribution in [3.63, 3.8) is 0 Å². The van der Waals surface area contributed by atoms with Crippen LogP contribution in [-0.2, 0) is 14.3 Å². The molecule has 2 aliphatic heterocycles. The number of nitrogens with one attached hydrogen (secondary N) is 2. The fraction of sp³-hybridized carbons (Fsp3) is 0.632. The molecule has 0 aromatic heterocycles. The third kappa shape index (κ3) is 4.93. The van der Waals surface area contributed by atoms with Crippen molar-refractivity contribution in [2.24, 2.45) is 5.92 Å². The van der Waals surface area contributed by atoms with Crippen molar-refractivity contribution >= 4 is 11.6 Å². The van der Waals surface area contributed by atoms with Crippen LogP contribution in [0.4, 0.5) is 5.69 Å². The average Bonchev–Trinajstić information content (AvgIpc) is 2.63. The second kappa shape index (κ2) is 8.65. The van der Waals surface area contributed by atoms with Crippen molar-refractivity contribution in [3.8, 4) is 5.75 Å². The van der Waals surface area contributed by atoms with E-state index in [-0.39, 0.29) is 18.1 Å². The molecule has 0 aliphatic carbocycles. The number of aryl methyl sites for hydroxylation is 1. The number of rotatable bonds is 5. The predicted octanol–water partition coefficient (Wildman–Crippen LogP) is 2.12. The lowest BCUT2D eigenvalue weighted by Crippen LogP contribution is -2.53. The van der Waals surface area contributed by atoms with Gasteiger partial charge in [-0.05, 0) is 44.2 Å². The van der Waals surface area contributed by atoms with Crippen molar-refractivity contribution in [2.45, 2.75) is 38.8 Å². The lowest BCUT2D eigenvalue weighted by Gasteiger charge is -2.29. The summed E-state index contributed by atoms with van der Waals surface area (Å²) in [6.07, 6.45) is 1.95. The van der Waals surface area contributed by atoms with Crippen molar-refractivity contribution < 1.29 is 19.0 Å². The molecule has 1 aromatic rings. The zero-order valence-electron chi connectivity index (χ0n) is 15.0. The molecular weight excluding hydrogens is 320 g/mol. The number of carbonyl (C=O) groups excluding carboxylic acids is 1. The molecule has 138 valence electrons. The largest absolute Gasteiger partial charge is 0.493 e. The van der Waals surface area contributed by atoms with Gasteiger partial charge >= 0.3 is 0 Å². The van der Waals surface area contributed by atoms with Gasteiger partial charge in [-0.25, -0.2) is 0 Å². The third-order valence-electron chi connectivity index (χ3n) is 4.87. The zero-order valence-corrected chi connectivity index (χ0v) is 15.0. The summed E-state index contributed by atoms with van der Waals surface area (Å²) in [6.45, 7) is 7.58. The Morgan fingerprint density at radius 3 is 2.88 bits per heavy atom. The number of carbonyl (C=O) groups is 1. The smallest absolute Gasteiger partial charge is 0.244 e. The first-order chi connectivity index (χ1) is 12.1. The molecule has 0 radical (unpaired) electrons. The van der Waals surface area contributed by atoms with Gasteiger partial charge < -0.3 is 24.8 Å². The highest BCUT2D eigenvalue weighted by molar-refractivity contribution is 5.95. The van der Waals surface area contributed by atoms with Crippen LogP contribution >= 0.6 is 0 Å². The Balaban J connectivity index is 1.59. The van der Waals surface area contributed by atoms with Crippen molar-refractivity contribution in [3.05, 3.63) is 23.8 Å². The van der Waals surface area contributed by atoms with Gasteiger partial charge in [0.25, 0.3) is 0 Å². The van der Waals surface area contributed by atoms with Gasteiger partial charge in [0.1, 0.15) is 11.8 Å². The van der Waals surface area contributed by atoms with E-state index in [0.717, 1.165) is 43.1 Å². The summed E-state index contributed by atoms with van der Waals surface area (Å²) < 4.78 is 16.9. The van der Waals surface area contributed by atoms with E-state index in [1.807, 2.05) is 32.0 Å². The lowest BCUT2D eigenvalue weighted by atomic mass is 10.0. The van der Waals surface area contributed by atoms with Crippen LogP contribution in [0.15, 0.2) is 18.2 Å². The molecule has 0 saturated carbocycles. The van der Waals surface area contributed by atoms with Gasteiger partial charge in [0.15, 0.2) is 0 Å². The Kier molecular flexibility index (Phi) is 6.29. The average molecular weight is 348 g/mol. The minimum atomic E-state index is -0.332. The molecule has 2 heterocycles. The lowest BCUT2D eigenvalue weighted by molar-refractivity contribution is -0.123. The van der Waals surface area contributed by atoms with Crippen molar-refractivity contribution in [1.29, 1.82) is 0 Å². The van der Waals surface area contributed by atoms with Gasteiger partial charge in [0, 0.05) is 31.5 Å². The van der Waals surface area contributed by atoms with Crippen LogP contribution in [0.25, 0.3) is 0 Å². The number of ether oxygens (including phenoxy) is 3. The normalized spacial score (nSPS) is 24.7. The zero-order chi connectivity index (χ0) is 17.6. The van der Waals surface area contributed by atoms with Crippen molar-refractivity contribution in [1.82, 2.24) is 5.32 Å². The Hall–Kier alpha value is -1.63. The first-order valence-corrected chi connectivity index (χ1v) is 9.10. The SMILES string of the molecule is Cc1ccc(NC(=O)[C@H]2NCCO[C@@H]2C)cc1OCC1CCOCC1. The molecule has 1 aromatic carbocycles. The molecule has 2 fully saturated rings. The summed E-state index contributed by atoms with van der Waals surface area (Å²) >= 11 is 0. The topological polar surface area (TPSA) is 68.8 Å². The van der Waals surface area contributed by atoms with E-state index >= 15 is 0 Å². The number of amides is 1. The van der Waals surface area contributed by atoms with Gasteiger partial charge in [-0.15, -0.1) is 0 Å². The van der Waals surface area contributed by atoms with Crippen LogP contribution in [0.1, 0.15) is 25.3 Å². The standard InChI is InChI=1S/C19H28N2O4/c1-13-3-4-16(21-19(22)18-14(2)24-10-7-20-18)11-17(13)25-12-15-5-8-23-9-6-15/h3-4,11,14-15,18,20H,5-10,12H2,1-2H3,(H,21,22)/t14-,18+/m1/s1. The summed E-state index contributed by atoms with van der Waals surface area (Å²) in [7, 11) is 0. The molecule has 1 amide bonds. The third-order valence-corrected chi connectivity index (χ3v) is 4.87. The minimum Gasteiger partial charge on any atom is -0.493 e. The first kappa shape index (κ1) is 18.2. The molecule has 3 rings (SSSR count).